The smallest absolute Gasteiger partial charge is 0.330 e. The maximum Gasteiger partial charge on any atom is 0.330 e. The number of rotatable bonds is 13. The molecule has 6 nitrogen and oxygen atoms in total. The van der Waals surface area contributed by atoms with Crippen LogP contribution in [0.4, 0.5) is 0 Å². The number of carbonyl (C=O) groups excluding carboxylic acids is 2. The highest BCUT2D eigenvalue weighted by molar-refractivity contribution is 5.82. The van der Waals surface area contributed by atoms with E-state index in [1.807, 2.05) is 121 Å². The van der Waals surface area contributed by atoms with Crippen molar-refractivity contribution in [3.8, 4) is 12.1 Å². The van der Waals surface area contributed by atoms with Gasteiger partial charge in [-0.05, 0) is 42.5 Å². The van der Waals surface area contributed by atoms with Gasteiger partial charge >= 0.3 is 11.9 Å². The molecule has 0 aliphatic rings. The summed E-state index contributed by atoms with van der Waals surface area (Å²) >= 11 is 0. The summed E-state index contributed by atoms with van der Waals surface area (Å²) in [5, 5.41) is 18.8. The van der Waals surface area contributed by atoms with Crippen LogP contribution in [0.5, 0.6) is 0 Å². The lowest BCUT2D eigenvalue weighted by Gasteiger charge is -2.33. The maximum atomic E-state index is 11.9. The number of carbonyl (C=O) groups is 2. The van der Waals surface area contributed by atoms with Gasteiger partial charge in [0.05, 0.1) is 37.2 Å². The van der Waals surface area contributed by atoms with Crippen molar-refractivity contribution in [3.63, 3.8) is 0 Å². The Hall–Kier alpha value is -5.46. The van der Waals surface area contributed by atoms with E-state index in [0.29, 0.717) is 32.5 Å². The van der Waals surface area contributed by atoms with E-state index in [2.05, 4.69) is 12.1 Å². The topological polar surface area (TPSA) is 100 Å². The fourth-order valence-corrected chi connectivity index (χ4v) is 5.56. The van der Waals surface area contributed by atoms with Gasteiger partial charge in [-0.1, -0.05) is 127 Å². The first-order valence-electron chi connectivity index (χ1n) is 15.4. The zero-order chi connectivity index (χ0) is 33.1. The Morgan fingerprint density at radius 1 is 0.630 bits per heavy atom. The van der Waals surface area contributed by atoms with E-state index in [1.165, 1.54) is 6.08 Å². The molecule has 0 saturated heterocycles. The lowest BCUT2D eigenvalue weighted by atomic mass is 9.69. The molecule has 0 heterocycles. The van der Waals surface area contributed by atoms with E-state index < -0.39 is 16.8 Å². The van der Waals surface area contributed by atoms with Gasteiger partial charge in [0.15, 0.2) is 0 Å². The predicted molar refractivity (Wildman–Crippen MR) is 179 cm³/mol. The minimum Gasteiger partial charge on any atom is -0.466 e. The number of ether oxygens (including phenoxy) is 2. The van der Waals surface area contributed by atoms with E-state index in [4.69, 9.17) is 9.47 Å². The predicted octanol–water partition coefficient (Wildman–Crippen LogP) is 8.24. The Morgan fingerprint density at radius 3 is 1.43 bits per heavy atom. The molecular weight excluding hydrogens is 572 g/mol. The summed E-state index contributed by atoms with van der Waals surface area (Å²) in [6.45, 7) is 4.27. The SMILES string of the molecule is CCOC(=O)C=CC(CC#N)(c1ccccc1)c1ccccc1.CCOC(=O)CCC(CC#N)(c1ccccc1)c1ccccc1. The average Bonchev–Trinajstić information content (AvgIpc) is 3.10. The molecule has 6 heteroatoms. The lowest BCUT2D eigenvalue weighted by molar-refractivity contribution is -0.143. The molecule has 0 bridgehead atoms. The van der Waals surface area contributed by atoms with Crippen molar-refractivity contribution in [2.24, 2.45) is 0 Å². The zero-order valence-electron chi connectivity index (χ0n) is 26.5. The summed E-state index contributed by atoms with van der Waals surface area (Å²) < 4.78 is 10.0. The van der Waals surface area contributed by atoms with Gasteiger partial charge in [0, 0.05) is 24.3 Å². The molecule has 0 aliphatic carbocycles. The van der Waals surface area contributed by atoms with Crippen LogP contribution in [-0.2, 0) is 29.9 Å². The molecule has 0 aromatic heterocycles. The molecule has 0 atom stereocenters. The van der Waals surface area contributed by atoms with Crippen LogP contribution in [-0.4, -0.2) is 25.2 Å². The Morgan fingerprint density at radius 2 is 1.04 bits per heavy atom. The van der Waals surface area contributed by atoms with Crippen LogP contribution in [0.3, 0.4) is 0 Å². The third kappa shape index (κ3) is 9.27. The van der Waals surface area contributed by atoms with E-state index in [0.717, 1.165) is 22.3 Å². The second-order valence-corrected chi connectivity index (χ2v) is 10.6. The summed E-state index contributed by atoms with van der Waals surface area (Å²) in [5.74, 6) is -0.622. The molecule has 0 fully saturated rings. The van der Waals surface area contributed by atoms with Gasteiger partial charge in [0.25, 0.3) is 0 Å². The van der Waals surface area contributed by atoms with Gasteiger partial charge in [0.2, 0.25) is 0 Å². The monoisotopic (exact) mass is 612 g/mol. The molecule has 0 radical (unpaired) electrons. The Labute approximate surface area is 272 Å². The summed E-state index contributed by atoms with van der Waals surface area (Å²) in [5.41, 5.74) is 2.87. The molecule has 4 aromatic carbocycles. The Bertz CT molecular complexity index is 1530. The van der Waals surface area contributed by atoms with Crippen LogP contribution in [0.2, 0.25) is 0 Å². The standard InChI is InChI=1S/C20H21NO2.C20H19NO2/c2*1-2-23-19(22)13-14-20(15-16-21,17-9-5-3-6-10-17)18-11-7-4-8-12-18/h3-12H,2,13-15H2,1H3;3-14H,2,15H2,1H3. The first-order valence-corrected chi connectivity index (χ1v) is 15.4. The molecule has 0 spiro atoms. The van der Waals surface area contributed by atoms with Gasteiger partial charge in [-0.2, -0.15) is 10.5 Å². The van der Waals surface area contributed by atoms with Crippen LogP contribution in [0, 0.1) is 22.7 Å². The highest BCUT2D eigenvalue weighted by atomic mass is 16.5. The molecule has 0 unspecified atom stereocenters. The molecule has 4 aromatic rings. The van der Waals surface area contributed by atoms with Crippen LogP contribution >= 0.6 is 0 Å². The minimum absolute atomic E-state index is 0.221. The van der Waals surface area contributed by atoms with E-state index >= 15 is 0 Å². The first kappa shape index (κ1) is 35.0. The number of allylic oxidation sites excluding steroid dienone is 1. The van der Waals surface area contributed by atoms with E-state index in [1.54, 1.807) is 19.9 Å². The molecule has 0 saturated carbocycles. The zero-order valence-corrected chi connectivity index (χ0v) is 26.5. The quantitative estimate of drug-likeness (QED) is 0.111. The van der Waals surface area contributed by atoms with Crippen molar-refractivity contribution in [1.29, 1.82) is 10.5 Å². The number of hydrogen-bond donors (Lipinski definition) is 0. The van der Waals surface area contributed by atoms with Crippen molar-refractivity contribution in [1.82, 2.24) is 0 Å². The third-order valence-corrected chi connectivity index (χ3v) is 7.82. The number of nitriles is 2. The van der Waals surface area contributed by atoms with Crippen LogP contribution in [0.25, 0.3) is 0 Å². The minimum atomic E-state index is -0.677. The van der Waals surface area contributed by atoms with Crippen molar-refractivity contribution >= 4 is 11.9 Å². The molecule has 0 amide bonds. The number of esters is 2. The highest BCUT2D eigenvalue weighted by Crippen LogP contribution is 2.40. The Kier molecular flexibility index (Phi) is 14.0. The molecule has 0 N–H and O–H groups in total. The molecule has 0 aliphatic heterocycles. The van der Waals surface area contributed by atoms with Gasteiger partial charge in [-0.15, -0.1) is 0 Å². The molecule has 46 heavy (non-hydrogen) atoms. The Balaban J connectivity index is 0.000000250. The summed E-state index contributed by atoms with van der Waals surface area (Å²) in [7, 11) is 0. The van der Waals surface area contributed by atoms with Gasteiger partial charge in [-0.25, -0.2) is 4.79 Å². The summed E-state index contributed by atoms with van der Waals surface area (Å²) in [6, 6.07) is 43.9. The largest absolute Gasteiger partial charge is 0.466 e. The fraction of sp³-hybridized carbons (Fsp3) is 0.250. The number of nitrogens with zero attached hydrogens (tertiary/aromatic N) is 2. The molecule has 234 valence electrons. The van der Waals surface area contributed by atoms with Gasteiger partial charge in [-0.3, -0.25) is 4.79 Å². The average molecular weight is 613 g/mol. The van der Waals surface area contributed by atoms with E-state index in [-0.39, 0.29) is 12.4 Å². The van der Waals surface area contributed by atoms with Crippen molar-refractivity contribution in [3.05, 3.63) is 156 Å². The maximum absolute atomic E-state index is 11.9. The van der Waals surface area contributed by atoms with Crippen molar-refractivity contribution in [2.45, 2.75) is 50.4 Å². The fourth-order valence-electron chi connectivity index (χ4n) is 5.56. The van der Waals surface area contributed by atoms with Crippen LogP contribution < -0.4 is 0 Å². The molecule has 4 rings (SSSR count). The third-order valence-electron chi connectivity index (χ3n) is 7.82. The summed E-state index contributed by atoms with van der Waals surface area (Å²) in [6.07, 6.45) is 4.59. The van der Waals surface area contributed by atoms with Gasteiger partial charge in [0.1, 0.15) is 0 Å². The highest BCUT2D eigenvalue weighted by Gasteiger charge is 2.35. The van der Waals surface area contributed by atoms with Crippen LogP contribution in [0.15, 0.2) is 133 Å². The first-order chi connectivity index (χ1) is 22.5. The van der Waals surface area contributed by atoms with Crippen molar-refractivity contribution in [2.75, 3.05) is 13.2 Å². The van der Waals surface area contributed by atoms with Crippen molar-refractivity contribution < 1.29 is 19.1 Å². The normalized spacial score (nSPS) is 11.0. The van der Waals surface area contributed by atoms with Crippen LogP contribution in [0.1, 0.15) is 61.8 Å². The number of hydrogen-bond acceptors (Lipinski definition) is 6. The second-order valence-electron chi connectivity index (χ2n) is 10.6. The lowest BCUT2D eigenvalue weighted by Crippen LogP contribution is -2.28. The second kappa shape index (κ2) is 18.4. The number of benzene rings is 4. The van der Waals surface area contributed by atoms with Gasteiger partial charge < -0.3 is 9.47 Å². The summed E-state index contributed by atoms with van der Waals surface area (Å²) in [4.78, 5) is 23.6. The van der Waals surface area contributed by atoms with E-state index in [9.17, 15) is 20.1 Å². The molecular formula is C40H40N2O4.